The van der Waals surface area contributed by atoms with Gasteiger partial charge in [0, 0.05) is 45.7 Å². The van der Waals surface area contributed by atoms with E-state index in [4.69, 9.17) is 19.6 Å². The average molecular weight is 645 g/mol. The van der Waals surface area contributed by atoms with Gasteiger partial charge in [-0.3, -0.25) is 9.47 Å². The molecule has 0 unspecified atom stereocenters. The minimum absolute atomic E-state index is 0.0202. The molecule has 1 fully saturated rings. The minimum Gasteiger partial charge on any atom is -0.493 e. The van der Waals surface area contributed by atoms with Crippen LogP contribution in [0.3, 0.4) is 0 Å². The summed E-state index contributed by atoms with van der Waals surface area (Å²) in [6, 6.07) is 4.85. The zero-order valence-electron chi connectivity index (χ0n) is 26.4. The van der Waals surface area contributed by atoms with Crippen LogP contribution in [0, 0.1) is 0 Å². The van der Waals surface area contributed by atoms with Crippen molar-refractivity contribution in [3.05, 3.63) is 34.5 Å². The summed E-state index contributed by atoms with van der Waals surface area (Å²) in [5, 5.41) is 17.6. The van der Waals surface area contributed by atoms with Gasteiger partial charge in [0.05, 0.1) is 36.9 Å². The number of unbranched alkanes of at least 4 members (excludes halogenated alkanes) is 1. The Labute approximate surface area is 263 Å². The number of piperazine rings is 1. The second-order valence-electron chi connectivity index (χ2n) is 11.2. The first kappa shape index (κ1) is 33.0. The molecule has 0 saturated carbocycles. The largest absolute Gasteiger partial charge is 0.493 e. The third kappa shape index (κ3) is 6.92. The first-order chi connectivity index (χ1) is 21.8. The lowest BCUT2D eigenvalue weighted by atomic mass is 10.2. The highest BCUT2D eigenvalue weighted by molar-refractivity contribution is 7.89. The smallest absolute Gasteiger partial charge is 0.337 e. The highest BCUT2D eigenvalue weighted by Crippen LogP contribution is 2.34. The zero-order valence-corrected chi connectivity index (χ0v) is 27.2. The Hall–Kier alpha value is -3.37. The second kappa shape index (κ2) is 14.8. The van der Waals surface area contributed by atoms with Gasteiger partial charge in [0.1, 0.15) is 22.9 Å². The normalized spacial score (nSPS) is 15.0. The Bertz CT molecular complexity index is 1760. The van der Waals surface area contributed by atoms with Gasteiger partial charge in [-0.2, -0.15) is 4.31 Å². The number of H-pyrrole nitrogens is 1. The molecule has 15 heteroatoms. The number of sulfonamides is 1. The predicted molar refractivity (Wildman–Crippen MR) is 170 cm³/mol. The average Bonchev–Trinajstić information content (AvgIpc) is 3.68. The summed E-state index contributed by atoms with van der Waals surface area (Å²) in [5.74, 6) is 1.48. The molecule has 1 saturated heterocycles. The number of nitrogens with one attached hydrogen (secondary N) is 1. The number of benzene rings is 1. The minimum atomic E-state index is -3.81. The van der Waals surface area contributed by atoms with E-state index in [-0.39, 0.29) is 17.2 Å². The molecule has 0 bridgehead atoms. The molecule has 1 aliphatic rings. The van der Waals surface area contributed by atoms with E-state index in [0.717, 1.165) is 25.7 Å². The number of imidazole rings is 1. The van der Waals surface area contributed by atoms with Gasteiger partial charge in [0.2, 0.25) is 10.0 Å². The van der Waals surface area contributed by atoms with Gasteiger partial charge in [-0.15, -0.1) is 10.2 Å². The number of ether oxygens (including phenoxy) is 2. The van der Waals surface area contributed by atoms with E-state index in [2.05, 4.69) is 27.0 Å². The van der Waals surface area contributed by atoms with Crippen LogP contribution in [-0.2, 0) is 27.7 Å². The molecule has 4 aromatic rings. The summed E-state index contributed by atoms with van der Waals surface area (Å²) in [7, 11) is -3.81. The van der Waals surface area contributed by atoms with Crippen LogP contribution in [0.15, 0.2) is 27.9 Å². The van der Waals surface area contributed by atoms with Gasteiger partial charge in [-0.25, -0.2) is 22.6 Å². The van der Waals surface area contributed by atoms with E-state index in [0.29, 0.717) is 105 Å². The first-order valence-corrected chi connectivity index (χ1v) is 17.3. The van der Waals surface area contributed by atoms with Gasteiger partial charge in [-0.05, 0) is 37.5 Å². The maximum Gasteiger partial charge on any atom is 0.337 e. The van der Waals surface area contributed by atoms with Gasteiger partial charge in [0.15, 0.2) is 11.3 Å². The van der Waals surface area contributed by atoms with E-state index < -0.39 is 10.0 Å². The molecule has 5 rings (SSSR count). The quantitative estimate of drug-likeness (QED) is 0.173. The van der Waals surface area contributed by atoms with Crippen LogP contribution in [0.1, 0.15) is 52.3 Å². The molecular weight excluding hydrogens is 600 g/mol. The van der Waals surface area contributed by atoms with Crippen molar-refractivity contribution in [2.24, 2.45) is 0 Å². The van der Waals surface area contributed by atoms with Crippen molar-refractivity contribution in [1.82, 2.24) is 38.3 Å². The SMILES string of the molecule is CCCCn1c(=O)n2c(CCC)nnc2c2[nH]c(-c3cc(S(=O)(=O)N4CCN(CCOCCO)CC4)ccc3OCCC)nc21. The molecule has 0 radical (unpaired) electrons. The predicted octanol–water partition coefficient (Wildman–Crippen LogP) is 2.29. The summed E-state index contributed by atoms with van der Waals surface area (Å²) in [6.07, 6.45) is 3.88. The van der Waals surface area contributed by atoms with Crippen LogP contribution in [0.4, 0.5) is 0 Å². The molecule has 0 atom stereocenters. The number of aromatic amines is 1. The van der Waals surface area contributed by atoms with Crippen LogP contribution in [0.5, 0.6) is 5.75 Å². The summed E-state index contributed by atoms with van der Waals surface area (Å²) in [6.45, 7) is 10.3. The van der Waals surface area contributed by atoms with Crippen LogP contribution < -0.4 is 10.4 Å². The van der Waals surface area contributed by atoms with Gasteiger partial charge in [0.25, 0.3) is 0 Å². The Morgan fingerprint density at radius 2 is 1.76 bits per heavy atom. The number of aliphatic hydroxyl groups excluding tert-OH is 1. The molecule has 0 spiro atoms. The van der Waals surface area contributed by atoms with Crippen LogP contribution in [0.25, 0.3) is 28.2 Å². The summed E-state index contributed by atoms with van der Waals surface area (Å²) < 4.78 is 43.8. The number of hydrogen-bond acceptors (Lipinski definition) is 10. The number of aliphatic hydroxyl groups is 1. The van der Waals surface area contributed by atoms with Crippen LogP contribution in [-0.4, -0.2) is 111 Å². The highest BCUT2D eigenvalue weighted by Gasteiger charge is 2.30. The zero-order chi connectivity index (χ0) is 32.0. The van der Waals surface area contributed by atoms with E-state index in [1.54, 1.807) is 27.2 Å². The summed E-state index contributed by atoms with van der Waals surface area (Å²) >= 11 is 0. The Morgan fingerprint density at radius 1 is 0.956 bits per heavy atom. The lowest BCUT2D eigenvalue weighted by Gasteiger charge is -2.33. The number of hydrogen-bond donors (Lipinski definition) is 2. The van der Waals surface area contributed by atoms with E-state index in [9.17, 15) is 13.2 Å². The molecule has 0 amide bonds. The lowest BCUT2D eigenvalue weighted by molar-refractivity contribution is 0.0661. The van der Waals surface area contributed by atoms with Crippen LogP contribution >= 0.6 is 0 Å². The molecule has 1 aromatic carbocycles. The number of fused-ring (bicyclic) bond motifs is 3. The van der Waals surface area contributed by atoms with Gasteiger partial charge >= 0.3 is 5.69 Å². The van der Waals surface area contributed by atoms with Gasteiger partial charge in [-0.1, -0.05) is 27.2 Å². The standard InChI is InChI=1S/C30H44N8O6S/c1-4-7-11-37-28-26(29-34-33-25(8-5-2)38(29)30(37)40)31-27(32-28)23-21-22(9-10-24(23)44-18-6-3)45(41,42)36-14-12-35(13-15-36)16-19-43-20-17-39/h9-10,21,39H,4-8,11-20H2,1-3H3,(H,31,32). The van der Waals surface area contributed by atoms with E-state index >= 15 is 0 Å². The van der Waals surface area contributed by atoms with Crippen molar-refractivity contribution in [3.8, 4) is 17.1 Å². The van der Waals surface area contributed by atoms with Crippen molar-refractivity contribution >= 4 is 26.8 Å². The molecule has 246 valence electrons. The monoisotopic (exact) mass is 644 g/mol. The van der Waals surface area contributed by atoms with Crippen molar-refractivity contribution < 1.29 is 23.0 Å². The summed E-state index contributed by atoms with van der Waals surface area (Å²) in [4.78, 5) is 24.2. The number of nitrogens with zero attached hydrogens (tertiary/aromatic N) is 7. The maximum atomic E-state index is 13.8. The fraction of sp³-hybridized carbons (Fsp3) is 0.600. The topological polar surface area (TPSA) is 160 Å². The van der Waals surface area contributed by atoms with E-state index in [1.807, 2.05) is 13.8 Å². The molecule has 4 heterocycles. The molecular formula is C30H44N8O6S. The maximum absolute atomic E-state index is 13.8. The first-order valence-electron chi connectivity index (χ1n) is 15.9. The second-order valence-corrected chi connectivity index (χ2v) is 13.1. The molecule has 45 heavy (non-hydrogen) atoms. The molecule has 3 aromatic heterocycles. The number of aryl methyl sites for hydroxylation is 2. The summed E-state index contributed by atoms with van der Waals surface area (Å²) in [5.41, 5.74) is 1.64. The lowest BCUT2D eigenvalue weighted by Crippen LogP contribution is -2.49. The fourth-order valence-corrected chi connectivity index (χ4v) is 6.98. The van der Waals surface area contributed by atoms with Crippen molar-refractivity contribution in [3.63, 3.8) is 0 Å². The fourth-order valence-electron chi connectivity index (χ4n) is 5.53. The molecule has 2 N–H and O–H groups in total. The van der Waals surface area contributed by atoms with Crippen LogP contribution in [0.2, 0.25) is 0 Å². The third-order valence-corrected chi connectivity index (χ3v) is 9.84. The van der Waals surface area contributed by atoms with E-state index in [1.165, 1.54) is 4.31 Å². The van der Waals surface area contributed by atoms with Gasteiger partial charge < -0.3 is 19.6 Å². The van der Waals surface area contributed by atoms with Crippen molar-refractivity contribution in [1.29, 1.82) is 0 Å². The Morgan fingerprint density at radius 3 is 2.47 bits per heavy atom. The Balaban J connectivity index is 1.53. The molecule has 0 aliphatic carbocycles. The Kier molecular flexibility index (Phi) is 10.9. The number of rotatable bonds is 16. The molecule has 1 aliphatic heterocycles. The van der Waals surface area contributed by atoms with Crippen molar-refractivity contribution in [2.75, 3.05) is 59.2 Å². The molecule has 14 nitrogen and oxygen atoms in total. The van der Waals surface area contributed by atoms with Crippen molar-refractivity contribution in [2.45, 2.75) is 64.3 Å². The number of aromatic nitrogens is 6. The highest BCUT2D eigenvalue weighted by atomic mass is 32.2. The third-order valence-electron chi connectivity index (χ3n) is 7.95.